The average Bonchev–Trinajstić information content (AvgIpc) is 2.00. The first-order valence-corrected chi connectivity index (χ1v) is 4.05. The van der Waals surface area contributed by atoms with Gasteiger partial charge in [-0.05, 0) is 33.3 Å². The van der Waals surface area contributed by atoms with Gasteiger partial charge in [0.15, 0.2) is 0 Å². The van der Waals surface area contributed by atoms with Crippen LogP contribution in [0, 0.1) is 0 Å². The highest BCUT2D eigenvalue weighted by Gasteiger charge is 2.05. The molecule has 0 aromatic rings. The lowest BCUT2D eigenvalue weighted by atomic mass is 10.2. The molecule has 0 aliphatic heterocycles. The summed E-state index contributed by atoms with van der Waals surface area (Å²) in [6.45, 7) is 12.4. The second kappa shape index (κ2) is 4.22. The molecular weight excluding hydrogens is 134 g/mol. The Morgan fingerprint density at radius 1 is 1.45 bits per heavy atom. The van der Waals surface area contributed by atoms with Crippen molar-refractivity contribution in [2.75, 3.05) is 7.05 Å². The highest BCUT2D eigenvalue weighted by molar-refractivity contribution is 5.24. The zero-order valence-corrected chi connectivity index (χ0v) is 8.31. The molecule has 0 aromatic heterocycles. The molecular formula is C10H19N. The lowest BCUT2D eigenvalue weighted by Gasteiger charge is -2.26. The molecule has 0 N–H and O–H groups in total. The molecule has 0 fully saturated rings. The molecule has 0 rings (SSSR count). The Bertz CT molecular complexity index is 166. The predicted molar refractivity (Wildman–Crippen MR) is 51.5 cm³/mol. The summed E-state index contributed by atoms with van der Waals surface area (Å²) in [6.07, 6.45) is 2.08. The van der Waals surface area contributed by atoms with E-state index in [1.54, 1.807) is 0 Å². The van der Waals surface area contributed by atoms with Gasteiger partial charge in [-0.25, -0.2) is 0 Å². The second-order valence-electron chi connectivity index (χ2n) is 3.12. The van der Waals surface area contributed by atoms with Crippen molar-refractivity contribution >= 4 is 0 Å². The van der Waals surface area contributed by atoms with Gasteiger partial charge < -0.3 is 4.90 Å². The van der Waals surface area contributed by atoms with Crippen LogP contribution in [0.1, 0.15) is 27.7 Å². The van der Waals surface area contributed by atoms with Gasteiger partial charge in [-0.2, -0.15) is 0 Å². The van der Waals surface area contributed by atoms with Gasteiger partial charge in [0.25, 0.3) is 0 Å². The molecule has 0 saturated heterocycles. The largest absolute Gasteiger partial charge is 0.372 e. The van der Waals surface area contributed by atoms with Crippen molar-refractivity contribution in [1.29, 1.82) is 0 Å². The molecule has 0 spiro atoms. The lowest BCUT2D eigenvalue weighted by Crippen LogP contribution is -2.25. The molecule has 1 heteroatoms. The molecule has 1 nitrogen and oxygen atoms in total. The average molecular weight is 153 g/mol. The first-order valence-electron chi connectivity index (χ1n) is 4.05. The van der Waals surface area contributed by atoms with E-state index < -0.39 is 0 Å². The molecule has 0 saturated carbocycles. The predicted octanol–water partition coefficient (Wildman–Crippen LogP) is 2.81. The van der Waals surface area contributed by atoms with Gasteiger partial charge in [0.05, 0.1) is 0 Å². The highest BCUT2D eigenvalue weighted by Crippen LogP contribution is 2.12. The summed E-state index contributed by atoms with van der Waals surface area (Å²) < 4.78 is 0. The quantitative estimate of drug-likeness (QED) is 0.563. The van der Waals surface area contributed by atoms with Gasteiger partial charge in [-0.3, -0.25) is 0 Å². The van der Waals surface area contributed by atoms with Gasteiger partial charge in [0.1, 0.15) is 0 Å². The normalized spacial score (nSPS) is 12.0. The maximum absolute atomic E-state index is 4.00. The van der Waals surface area contributed by atoms with Crippen LogP contribution in [0.3, 0.4) is 0 Å². The van der Waals surface area contributed by atoms with E-state index in [0.717, 1.165) is 5.70 Å². The SMILES string of the molecule is C=C(/C(C)=C/C)N(C)C(C)C. The highest BCUT2D eigenvalue weighted by atomic mass is 15.1. The minimum absolute atomic E-state index is 0.525. The summed E-state index contributed by atoms with van der Waals surface area (Å²) in [6, 6.07) is 0.525. The Hall–Kier alpha value is -0.720. The molecule has 0 bridgehead atoms. The fourth-order valence-corrected chi connectivity index (χ4v) is 0.756. The number of allylic oxidation sites excluding steroid dienone is 2. The topological polar surface area (TPSA) is 3.24 Å². The molecule has 11 heavy (non-hydrogen) atoms. The zero-order valence-electron chi connectivity index (χ0n) is 8.31. The summed E-state index contributed by atoms with van der Waals surface area (Å²) in [5, 5.41) is 0. The maximum Gasteiger partial charge on any atom is 0.0319 e. The number of hydrogen-bond donors (Lipinski definition) is 0. The Kier molecular flexibility index (Phi) is 3.94. The van der Waals surface area contributed by atoms with E-state index in [4.69, 9.17) is 0 Å². The van der Waals surface area contributed by atoms with E-state index in [1.807, 2.05) is 6.92 Å². The van der Waals surface area contributed by atoms with E-state index in [-0.39, 0.29) is 0 Å². The van der Waals surface area contributed by atoms with Crippen LogP contribution in [0.4, 0.5) is 0 Å². The number of rotatable bonds is 3. The third kappa shape index (κ3) is 2.79. The van der Waals surface area contributed by atoms with E-state index in [9.17, 15) is 0 Å². The van der Waals surface area contributed by atoms with Gasteiger partial charge >= 0.3 is 0 Å². The maximum atomic E-state index is 4.00. The summed E-state index contributed by atoms with van der Waals surface area (Å²) in [4.78, 5) is 2.18. The number of likely N-dealkylation sites (N-methyl/N-ethyl adjacent to an activating group) is 1. The molecule has 0 atom stereocenters. The molecule has 0 amide bonds. The van der Waals surface area contributed by atoms with Crippen LogP contribution in [-0.2, 0) is 0 Å². The lowest BCUT2D eigenvalue weighted by molar-refractivity contribution is 0.351. The first kappa shape index (κ1) is 10.3. The van der Waals surface area contributed by atoms with Crippen molar-refractivity contribution < 1.29 is 0 Å². The Balaban J connectivity index is 4.26. The number of hydrogen-bond acceptors (Lipinski definition) is 1. The van der Waals surface area contributed by atoms with E-state index in [0.29, 0.717) is 6.04 Å². The molecule has 64 valence electrons. The van der Waals surface area contributed by atoms with Crippen LogP contribution in [0.2, 0.25) is 0 Å². The second-order valence-corrected chi connectivity index (χ2v) is 3.12. The molecule has 0 unspecified atom stereocenters. The van der Waals surface area contributed by atoms with Gasteiger partial charge in [-0.1, -0.05) is 12.7 Å². The Morgan fingerprint density at radius 2 is 1.91 bits per heavy atom. The summed E-state index contributed by atoms with van der Waals surface area (Å²) >= 11 is 0. The van der Waals surface area contributed by atoms with Crippen molar-refractivity contribution in [2.45, 2.75) is 33.7 Å². The fraction of sp³-hybridized carbons (Fsp3) is 0.600. The van der Waals surface area contributed by atoms with Crippen molar-refractivity contribution in [3.8, 4) is 0 Å². The van der Waals surface area contributed by atoms with Crippen molar-refractivity contribution in [1.82, 2.24) is 4.90 Å². The van der Waals surface area contributed by atoms with Crippen LogP contribution in [0.5, 0.6) is 0 Å². The van der Waals surface area contributed by atoms with Gasteiger partial charge in [0, 0.05) is 18.8 Å². The molecule has 0 aromatic carbocycles. The molecule has 0 aliphatic rings. The van der Waals surface area contributed by atoms with Crippen LogP contribution in [0.15, 0.2) is 23.9 Å². The summed E-state index contributed by atoms with van der Waals surface area (Å²) in [7, 11) is 2.07. The standard InChI is InChI=1S/C10H19N/c1-7-9(4)10(5)11(6)8(2)3/h7-8H,5H2,1-4,6H3/b9-7+. The monoisotopic (exact) mass is 153 g/mol. The number of nitrogens with zero attached hydrogens (tertiary/aromatic N) is 1. The minimum atomic E-state index is 0.525. The first-order chi connectivity index (χ1) is 5.00. The van der Waals surface area contributed by atoms with Crippen molar-refractivity contribution in [3.63, 3.8) is 0 Å². The van der Waals surface area contributed by atoms with Crippen LogP contribution >= 0.6 is 0 Å². The van der Waals surface area contributed by atoms with Crippen LogP contribution in [0.25, 0.3) is 0 Å². The smallest absolute Gasteiger partial charge is 0.0319 e. The van der Waals surface area contributed by atoms with Crippen LogP contribution < -0.4 is 0 Å². The summed E-state index contributed by atoms with van der Waals surface area (Å²) in [5.41, 5.74) is 2.36. The van der Waals surface area contributed by atoms with Crippen molar-refractivity contribution in [2.24, 2.45) is 0 Å². The van der Waals surface area contributed by atoms with Gasteiger partial charge in [0.2, 0.25) is 0 Å². The Labute approximate surface area is 70.4 Å². The fourth-order valence-electron chi connectivity index (χ4n) is 0.756. The third-order valence-electron chi connectivity index (χ3n) is 2.09. The minimum Gasteiger partial charge on any atom is -0.372 e. The van der Waals surface area contributed by atoms with E-state index in [2.05, 4.69) is 45.4 Å². The van der Waals surface area contributed by atoms with Crippen molar-refractivity contribution in [3.05, 3.63) is 23.9 Å². The van der Waals surface area contributed by atoms with Gasteiger partial charge in [-0.15, -0.1) is 0 Å². The molecule has 0 heterocycles. The molecule has 0 aliphatic carbocycles. The zero-order chi connectivity index (χ0) is 9.02. The molecule has 0 radical (unpaired) electrons. The Morgan fingerprint density at radius 3 is 2.18 bits per heavy atom. The third-order valence-corrected chi connectivity index (χ3v) is 2.09. The van der Waals surface area contributed by atoms with E-state index >= 15 is 0 Å². The summed E-state index contributed by atoms with van der Waals surface area (Å²) in [5.74, 6) is 0. The van der Waals surface area contributed by atoms with Crippen LogP contribution in [-0.4, -0.2) is 18.0 Å². The van der Waals surface area contributed by atoms with E-state index in [1.165, 1.54) is 5.57 Å².